The van der Waals surface area contributed by atoms with Crippen molar-refractivity contribution in [3.8, 4) is 17.0 Å². The van der Waals surface area contributed by atoms with Gasteiger partial charge in [0.25, 0.3) is 0 Å². The van der Waals surface area contributed by atoms with Gasteiger partial charge in [-0.05, 0) is 35.6 Å². The molecule has 1 aromatic carbocycles. The summed E-state index contributed by atoms with van der Waals surface area (Å²) < 4.78 is 7.29. The number of hydrogen-bond acceptors (Lipinski definition) is 3. The van der Waals surface area contributed by atoms with Gasteiger partial charge in [0.1, 0.15) is 11.6 Å². The Balaban J connectivity index is 2.62. The Morgan fingerprint density at radius 2 is 2.00 bits per heavy atom. The molecule has 0 aliphatic rings. The number of anilines is 1. The third-order valence-corrected chi connectivity index (χ3v) is 3.61. The highest BCUT2D eigenvalue weighted by atomic mass is 16.5. The first-order valence-corrected chi connectivity index (χ1v) is 6.98. The molecule has 0 atom stereocenters. The van der Waals surface area contributed by atoms with Crippen molar-refractivity contribution < 1.29 is 4.74 Å². The van der Waals surface area contributed by atoms with E-state index in [4.69, 9.17) is 10.5 Å². The second-order valence-electron chi connectivity index (χ2n) is 5.34. The molecule has 0 radical (unpaired) electrons. The zero-order valence-corrected chi connectivity index (χ0v) is 12.9. The molecule has 2 aromatic rings. The largest absolute Gasteiger partial charge is 0.496 e. The number of ether oxygens (including phenoxy) is 1. The van der Waals surface area contributed by atoms with Crippen LogP contribution in [0.3, 0.4) is 0 Å². The van der Waals surface area contributed by atoms with E-state index < -0.39 is 0 Å². The number of aromatic nitrogens is 2. The summed E-state index contributed by atoms with van der Waals surface area (Å²) in [5.74, 6) is 2.06. The fourth-order valence-corrected chi connectivity index (χ4v) is 2.42. The molecule has 0 unspecified atom stereocenters. The van der Waals surface area contributed by atoms with Crippen molar-refractivity contribution in [2.75, 3.05) is 12.8 Å². The summed E-state index contributed by atoms with van der Waals surface area (Å²) in [5.41, 5.74) is 10.3. The lowest BCUT2D eigenvalue weighted by Gasteiger charge is -2.17. The summed E-state index contributed by atoms with van der Waals surface area (Å²) >= 11 is 0. The minimum Gasteiger partial charge on any atom is -0.496 e. The Bertz CT molecular complexity index is 595. The van der Waals surface area contributed by atoms with Crippen molar-refractivity contribution in [3.05, 3.63) is 29.3 Å². The van der Waals surface area contributed by atoms with Crippen LogP contribution in [-0.2, 0) is 13.5 Å². The van der Waals surface area contributed by atoms with Crippen LogP contribution in [0, 0.1) is 0 Å². The number of nitrogen functional groups attached to an aromatic ring is 1. The molecule has 2 N–H and O–H groups in total. The first-order valence-electron chi connectivity index (χ1n) is 6.98. The smallest absolute Gasteiger partial charge is 0.125 e. The summed E-state index contributed by atoms with van der Waals surface area (Å²) in [4.78, 5) is 0. The van der Waals surface area contributed by atoms with Crippen molar-refractivity contribution in [2.45, 2.75) is 33.1 Å². The number of nitrogens with two attached hydrogens (primary N) is 1. The molecule has 0 spiro atoms. The highest BCUT2D eigenvalue weighted by Crippen LogP contribution is 2.35. The molecule has 0 aliphatic carbocycles. The van der Waals surface area contributed by atoms with Crippen LogP contribution in [0.1, 0.15) is 37.8 Å². The summed E-state index contributed by atoms with van der Waals surface area (Å²) in [7, 11) is 3.59. The van der Waals surface area contributed by atoms with E-state index in [1.807, 2.05) is 13.1 Å². The Morgan fingerprint density at radius 3 is 2.45 bits per heavy atom. The van der Waals surface area contributed by atoms with Gasteiger partial charge in [-0.1, -0.05) is 20.8 Å². The molecule has 1 aromatic heterocycles. The maximum Gasteiger partial charge on any atom is 0.125 e. The highest BCUT2D eigenvalue weighted by Gasteiger charge is 2.15. The standard InChI is InChI=1S/C16H23N3O/c1-6-11-7-12(14-9-15(17)19(4)18-14)8-13(10(2)3)16(11)20-5/h7-10H,6,17H2,1-5H3. The van der Waals surface area contributed by atoms with Crippen molar-refractivity contribution >= 4 is 5.82 Å². The van der Waals surface area contributed by atoms with E-state index in [2.05, 4.69) is 38.0 Å². The van der Waals surface area contributed by atoms with Gasteiger partial charge in [-0.25, -0.2) is 0 Å². The summed E-state index contributed by atoms with van der Waals surface area (Å²) in [6, 6.07) is 6.21. The van der Waals surface area contributed by atoms with Crippen LogP contribution >= 0.6 is 0 Å². The van der Waals surface area contributed by atoms with Gasteiger partial charge in [-0.3, -0.25) is 4.68 Å². The molecule has 0 saturated carbocycles. The second-order valence-corrected chi connectivity index (χ2v) is 5.34. The van der Waals surface area contributed by atoms with Gasteiger partial charge in [0.15, 0.2) is 0 Å². The Hall–Kier alpha value is -1.97. The van der Waals surface area contributed by atoms with Crippen molar-refractivity contribution in [2.24, 2.45) is 7.05 Å². The van der Waals surface area contributed by atoms with Crippen LogP contribution in [0.25, 0.3) is 11.3 Å². The Labute approximate surface area is 120 Å². The van der Waals surface area contributed by atoms with Crippen molar-refractivity contribution in [3.63, 3.8) is 0 Å². The second kappa shape index (κ2) is 5.57. The van der Waals surface area contributed by atoms with Crippen LogP contribution in [-0.4, -0.2) is 16.9 Å². The maximum absolute atomic E-state index is 5.88. The number of hydrogen-bond donors (Lipinski definition) is 1. The summed E-state index contributed by atoms with van der Waals surface area (Å²) in [5, 5.41) is 4.46. The number of nitrogens with zero attached hydrogens (tertiary/aromatic N) is 2. The average Bonchev–Trinajstić information content (AvgIpc) is 2.76. The minimum absolute atomic E-state index is 0.399. The molecule has 0 aliphatic heterocycles. The van der Waals surface area contributed by atoms with E-state index in [0.717, 1.165) is 23.4 Å². The van der Waals surface area contributed by atoms with Crippen LogP contribution < -0.4 is 10.5 Å². The first kappa shape index (κ1) is 14.4. The summed E-state index contributed by atoms with van der Waals surface area (Å²) in [6.45, 7) is 6.49. The average molecular weight is 273 g/mol. The number of aryl methyl sites for hydroxylation is 2. The molecule has 1 heterocycles. The zero-order valence-electron chi connectivity index (χ0n) is 12.9. The summed E-state index contributed by atoms with van der Waals surface area (Å²) in [6.07, 6.45) is 0.930. The van der Waals surface area contributed by atoms with Crippen LogP contribution in [0.2, 0.25) is 0 Å². The predicted molar refractivity (Wildman–Crippen MR) is 83.1 cm³/mol. The SMILES string of the molecule is CCc1cc(-c2cc(N)n(C)n2)cc(C(C)C)c1OC. The first-order chi connectivity index (χ1) is 9.47. The molecule has 0 fully saturated rings. The van der Waals surface area contributed by atoms with Crippen molar-refractivity contribution in [1.82, 2.24) is 9.78 Å². The van der Waals surface area contributed by atoms with Gasteiger partial charge < -0.3 is 10.5 Å². The van der Waals surface area contributed by atoms with Gasteiger partial charge in [0.05, 0.1) is 12.8 Å². The quantitative estimate of drug-likeness (QED) is 0.929. The Morgan fingerprint density at radius 1 is 1.30 bits per heavy atom. The molecule has 20 heavy (non-hydrogen) atoms. The van der Waals surface area contributed by atoms with Crippen LogP contribution in [0.5, 0.6) is 5.75 Å². The molecule has 4 nitrogen and oxygen atoms in total. The lowest BCUT2D eigenvalue weighted by Crippen LogP contribution is -2.00. The third-order valence-electron chi connectivity index (χ3n) is 3.61. The third kappa shape index (κ3) is 2.50. The highest BCUT2D eigenvalue weighted by molar-refractivity contribution is 5.67. The lowest BCUT2D eigenvalue weighted by molar-refractivity contribution is 0.403. The fraction of sp³-hybridized carbons (Fsp3) is 0.438. The normalized spacial score (nSPS) is 11.1. The van der Waals surface area contributed by atoms with E-state index in [1.165, 1.54) is 11.1 Å². The van der Waals surface area contributed by atoms with E-state index in [9.17, 15) is 0 Å². The van der Waals surface area contributed by atoms with Crippen LogP contribution in [0.4, 0.5) is 5.82 Å². The monoisotopic (exact) mass is 273 g/mol. The topological polar surface area (TPSA) is 53.1 Å². The molecule has 108 valence electrons. The van der Waals surface area contributed by atoms with Gasteiger partial charge in [0.2, 0.25) is 0 Å². The molecule has 0 amide bonds. The zero-order chi connectivity index (χ0) is 14.9. The van der Waals surface area contributed by atoms with E-state index in [0.29, 0.717) is 11.7 Å². The van der Waals surface area contributed by atoms with Crippen molar-refractivity contribution in [1.29, 1.82) is 0 Å². The maximum atomic E-state index is 5.88. The Kier molecular flexibility index (Phi) is 4.02. The van der Waals surface area contributed by atoms with Gasteiger partial charge >= 0.3 is 0 Å². The predicted octanol–water partition coefficient (Wildman–Crippen LogP) is 3.36. The fourth-order valence-electron chi connectivity index (χ4n) is 2.42. The lowest BCUT2D eigenvalue weighted by atomic mass is 9.94. The van der Waals surface area contributed by atoms with Gasteiger partial charge in [-0.15, -0.1) is 0 Å². The molecule has 0 saturated heterocycles. The minimum atomic E-state index is 0.399. The molecule has 2 rings (SSSR count). The molecule has 4 heteroatoms. The molecular formula is C16H23N3O. The molecular weight excluding hydrogens is 250 g/mol. The van der Waals surface area contributed by atoms with Gasteiger partial charge in [-0.2, -0.15) is 5.10 Å². The number of benzene rings is 1. The number of methoxy groups -OCH3 is 1. The molecule has 0 bridgehead atoms. The number of rotatable bonds is 4. The van der Waals surface area contributed by atoms with Gasteiger partial charge in [0, 0.05) is 18.7 Å². The van der Waals surface area contributed by atoms with E-state index in [-0.39, 0.29) is 0 Å². The van der Waals surface area contributed by atoms with E-state index in [1.54, 1.807) is 11.8 Å². The van der Waals surface area contributed by atoms with E-state index >= 15 is 0 Å². The van der Waals surface area contributed by atoms with Crippen LogP contribution in [0.15, 0.2) is 18.2 Å².